The van der Waals surface area contributed by atoms with Crippen molar-refractivity contribution in [3.05, 3.63) is 230 Å². The summed E-state index contributed by atoms with van der Waals surface area (Å²) in [4.78, 5) is 4.86. The topological polar surface area (TPSA) is 63.0 Å². The predicted octanol–water partition coefficient (Wildman–Crippen LogP) is 13.7. The number of aliphatic imine (C=N–C) groups is 1. The van der Waals surface area contributed by atoms with Crippen LogP contribution >= 0.6 is 0 Å². The van der Waals surface area contributed by atoms with Gasteiger partial charge in [0.25, 0.3) is 0 Å². The van der Waals surface area contributed by atoms with Crippen LogP contribution in [0.4, 0.5) is 0 Å². The number of benzene rings is 9. The molecule has 0 aliphatic rings. The van der Waals surface area contributed by atoms with E-state index in [-0.39, 0.29) is 5.84 Å². The number of rotatable bonds is 6. The first-order chi connectivity index (χ1) is 30.7. The van der Waals surface area contributed by atoms with Gasteiger partial charge in [-0.2, -0.15) is 0 Å². The minimum Gasteiger partial charge on any atom is -0.309 e. The van der Waals surface area contributed by atoms with Crippen molar-refractivity contribution in [3.63, 3.8) is 0 Å². The van der Waals surface area contributed by atoms with Crippen LogP contribution in [0.2, 0.25) is 0 Å². The van der Waals surface area contributed by atoms with Gasteiger partial charge in [-0.15, -0.1) is 0 Å². The number of nitrogens with one attached hydrogen (secondary N) is 2. The second-order valence-corrected chi connectivity index (χ2v) is 15.7. The van der Waals surface area contributed by atoms with Crippen LogP contribution in [0.15, 0.2) is 223 Å². The minimum atomic E-state index is 0.188. The van der Waals surface area contributed by atoms with Crippen molar-refractivity contribution in [2.24, 2.45) is 4.99 Å². The van der Waals surface area contributed by atoms with Crippen molar-refractivity contribution in [2.75, 3.05) is 5.43 Å². The van der Waals surface area contributed by atoms with E-state index in [2.05, 4.69) is 177 Å². The zero-order valence-corrected chi connectivity index (χ0v) is 33.6. The summed E-state index contributed by atoms with van der Waals surface area (Å²) >= 11 is 0. The first kappa shape index (κ1) is 35.5. The van der Waals surface area contributed by atoms with Gasteiger partial charge in [0.2, 0.25) is 0 Å². The van der Waals surface area contributed by atoms with Crippen LogP contribution < -0.4 is 5.43 Å². The molecule has 6 nitrogen and oxygen atoms in total. The van der Waals surface area contributed by atoms with E-state index >= 15 is 0 Å². The van der Waals surface area contributed by atoms with Gasteiger partial charge in [0.05, 0.1) is 33.1 Å². The lowest BCUT2D eigenvalue weighted by Gasteiger charge is -2.15. The van der Waals surface area contributed by atoms with Crippen LogP contribution in [0.3, 0.4) is 0 Å². The van der Waals surface area contributed by atoms with E-state index in [0.717, 1.165) is 61.0 Å². The molecule has 6 heteroatoms. The third kappa shape index (κ3) is 5.73. The van der Waals surface area contributed by atoms with E-state index < -0.39 is 0 Å². The first-order valence-corrected chi connectivity index (χ1v) is 20.9. The number of para-hydroxylation sites is 4. The summed E-state index contributed by atoms with van der Waals surface area (Å²) in [7, 11) is 0. The number of nitrogens with zero attached hydrogens (tertiary/aromatic N) is 4. The molecule has 0 aliphatic carbocycles. The first-order valence-electron chi connectivity index (χ1n) is 20.9. The standard InChI is InChI=1S/C56H38N6/c57-55(37-16-4-1-5-17-37)58-56(38-18-6-2-7-19-38)59-62-53-27-15-12-24-45(53)47-35-40(29-32-54(47)62)39-28-31-51-46(34-39)43-22-10-14-26-50(43)61(51)42-30-33-52-48(36-42)44-23-11-13-25-49(44)60(52)41-20-8-3-9-21-41/h1-36H,(H2,57,58,59). The Hall–Kier alpha value is -8.48. The number of aromatic nitrogens is 3. The Bertz CT molecular complexity index is 3720. The summed E-state index contributed by atoms with van der Waals surface area (Å²) in [5, 5.41) is 16.0. The molecule has 0 atom stereocenters. The third-order valence-corrected chi connectivity index (χ3v) is 12.1. The summed E-state index contributed by atoms with van der Waals surface area (Å²) in [6.45, 7) is 0. The van der Waals surface area contributed by atoms with Crippen molar-refractivity contribution in [1.29, 1.82) is 5.41 Å². The molecule has 0 bridgehead atoms. The Morgan fingerprint density at radius 3 is 1.40 bits per heavy atom. The second-order valence-electron chi connectivity index (χ2n) is 15.7. The quantitative estimate of drug-likeness (QED) is 0.128. The summed E-state index contributed by atoms with van der Waals surface area (Å²) in [5.74, 6) is 0.780. The smallest absolute Gasteiger partial charge is 0.154 e. The highest BCUT2D eigenvalue weighted by molar-refractivity contribution is 6.17. The highest BCUT2D eigenvalue weighted by Crippen LogP contribution is 2.39. The highest BCUT2D eigenvalue weighted by Gasteiger charge is 2.19. The molecule has 0 unspecified atom stereocenters. The Morgan fingerprint density at radius 2 is 0.774 bits per heavy atom. The molecule has 0 fully saturated rings. The molecule has 0 saturated heterocycles. The summed E-state index contributed by atoms with van der Waals surface area (Å²) < 4.78 is 6.88. The third-order valence-electron chi connectivity index (χ3n) is 12.1. The van der Waals surface area contributed by atoms with Crippen LogP contribution in [0.25, 0.3) is 87.9 Å². The van der Waals surface area contributed by atoms with Gasteiger partial charge in [0.1, 0.15) is 0 Å². The molecule has 0 aliphatic heterocycles. The van der Waals surface area contributed by atoms with E-state index in [9.17, 15) is 0 Å². The summed E-state index contributed by atoms with van der Waals surface area (Å²) in [6.07, 6.45) is 0. The molecule has 2 N–H and O–H groups in total. The van der Waals surface area contributed by atoms with Gasteiger partial charge >= 0.3 is 0 Å². The molecule has 0 saturated carbocycles. The Kier molecular flexibility index (Phi) is 8.22. The Morgan fingerprint density at radius 1 is 0.355 bits per heavy atom. The van der Waals surface area contributed by atoms with Crippen molar-refractivity contribution in [3.8, 4) is 22.5 Å². The molecule has 0 radical (unpaired) electrons. The van der Waals surface area contributed by atoms with Gasteiger partial charge in [-0.3, -0.25) is 15.5 Å². The fourth-order valence-electron chi connectivity index (χ4n) is 9.29. The lowest BCUT2D eigenvalue weighted by atomic mass is 10.0. The van der Waals surface area contributed by atoms with Gasteiger partial charge in [-0.25, -0.2) is 4.99 Å². The molecular formula is C56H38N6. The van der Waals surface area contributed by atoms with E-state index in [1.165, 1.54) is 38.1 Å². The monoisotopic (exact) mass is 794 g/mol. The fourth-order valence-corrected chi connectivity index (χ4v) is 9.29. The average molecular weight is 795 g/mol. The van der Waals surface area contributed by atoms with Gasteiger partial charge in [0, 0.05) is 54.8 Å². The van der Waals surface area contributed by atoms with Crippen LogP contribution in [0.1, 0.15) is 11.1 Å². The Labute approximate surface area is 357 Å². The van der Waals surface area contributed by atoms with Gasteiger partial charge in [-0.1, -0.05) is 146 Å². The van der Waals surface area contributed by atoms with Gasteiger partial charge in [0.15, 0.2) is 11.7 Å². The summed E-state index contributed by atoms with van der Waals surface area (Å²) in [6, 6.07) is 76.7. The van der Waals surface area contributed by atoms with E-state index in [4.69, 9.17) is 10.4 Å². The van der Waals surface area contributed by atoms with Crippen LogP contribution in [0.5, 0.6) is 0 Å². The van der Waals surface area contributed by atoms with Crippen LogP contribution in [-0.4, -0.2) is 25.5 Å². The van der Waals surface area contributed by atoms with Crippen molar-refractivity contribution < 1.29 is 0 Å². The minimum absolute atomic E-state index is 0.188. The number of amidine groups is 2. The lowest BCUT2D eigenvalue weighted by Crippen LogP contribution is -2.25. The second kappa shape index (κ2) is 14.4. The predicted molar refractivity (Wildman–Crippen MR) is 259 cm³/mol. The normalized spacial score (nSPS) is 12.0. The zero-order valence-electron chi connectivity index (χ0n) is 33.6. The molecular weight excluding hydrogens is 757 g/mol. The average Bonchev–Trinajstić information content (AvgIpc) is 3.97. The molecule has 292 valence electrons. The van der Waals surface area contributed by atoms with Crippen LogP contribution in [-0.2, 0) is 0 Å². The number of fused-ring (bicyclic) bond motifs is 9. The molecule has 9 aromatic carbocycles. The lowest BCUT2D eigenvalue weighted by molar-refractivity contribution is 1.08. The van der Waals surface area contributed by atoms with E-state index in [1.54, 1.807) is 0 Å². The number of hydrogen-bond donors (Lipinski definition) is 2. The number of hydrogen-bond acceptors (Lipinski definition) is 1. The van der Waals surface area contributed by atoms with E-state index in [0.29, 0.717) is 5.84 Å². The van der Waals surface area contributed by atoms with Crippen LogP contribution in [0, 0.1) is 5.41 Å². The van der Waals surface area contributed by atoms with Crippen molar-refractivity contribution in [1.82, 2.24) is 13.8 Å². The highest BCUT2D eigenvalue weighted by atomic mass is 15.4. The van der Waals surface area contributed by atoms with Crippen molar-refractivity contribution >= 4 is 77.1 Å². The summed E-state index contributed by atoms with van der Waals surface area (Å²) in [5.41, 5.74) is 16.6. The molecule has 3 heterocycles. The molecule has 0 amide bonds. The fraction of sp³-hybridized carbons (Fsp3) is 0. The van der Waals surface area contributed by atoms with Gasteiger partial charge < -0.3 is 9.13 Å². The van der Waals surface area contributed by atoms with Crippen molar-refractivity contribution in [2.45, 2.75) is 0 Å². The van der Waals surface area contributed by atoms with E-state index in [1.807, 2.05) is 60.7 Å². The zero-order chi connectivity index (χ0) is 41.1. The molecule has 0 spiro atoms. The molecule has 12 rings (SSSR count). The maximum atomic E-state index is 8.90. The largest absolute Gasteiger partial charge is 0.309 e. The SMILES string of the molecule is N=C(N=C(Nn1c2ccccc2c2cc(-c3ccc4c(c3)c3ccccc3n4-c3ccc4c(c3)c3ccccc3n4-c3ccccc3)ccc21)c1ccccc1)c1ccccc1. The van der Waals surface area contributed by atoms with Gasteiger partial charge in [-0.05, 0) is 83.9 Å². The molecule has 62 heavy (non-hydrogen) atoms. The maximum absolute atomic E-state index is 8.90. The molecule has 3 aromatic heterocycles. The molecule has 12 aromatic rings. The Balaban J connectivity index is 0.977. The maximum Gasteiger partial charge on any atom is 0.154 e.